The summed E-state index contributed by atoms with van der Waals surface area (Å²) < 4.78 is 1.21. The Morgan fingerprint density at radius 2 is 1.50 bits per heavy atom. The van der Waals surface area contributed by atoms with Crippen LogP contribution in [0.2, 0.25) is 0 Å². The van der Waals surface area contributed by atoms with Gasteiger partial charge in [0, 0.05) is 0 Å². The van der Waals surface area contributed by atoms with Crippen molar-refractivity contribution in [3.63, 3.8) is 0 Å². The summed E-state index contributed by atoms with van der Waals surface area (Å²) in [6.45, 7) is 3.40. The van der Waals surface area contributed by atoms with E-state index in [2.05, 4.69) is 0 Å². The summed E-state index contributed by atoms with van der Waals surface area (Å²) in [7, 11) is 0. The summed E-state index contributed by atoms with van der Waals surface area (Å²) >= 11 is 3.90. The minimum Gasteiger partial charge on any atom is -0.506 e. The molecule has 1 aromatic carbocycles. The largest absolute Gasteiger partial charge is 0.506 e. The second-order valence-electron chi connectivity index (χ2n) is 2.91. The number of benzene rings is 1. The number of hydrogen-bond donors (Lipinski definition) is 2. The van der Waals surface area contributed by atoms with Crippen molar-refractivity contribution < 1.29 is 15.0 Å². The lowest BCUT2D eigenvalue weighted by molar-refractivity contribution is 0.0695. The molecule has 76 valence electrons. The molecular weight excluding hydrogens is 410 g/mol. The molecule has 0 unspecified atom stereocenters. The zero-order valence-corrected chi connectivity index (χ0v) is 11.9. The first kappa shape index (κ1) is 12.0. The molecule has 0 aliphatic carbocycles. The monoisotopic (exact) mass is 418 g/mol. The Hall–Kier alpha value is -0.0500. The van der Waals surface area contributed by atoms with Crippen molar-refractivity contribution in [3.8, 4) is 5.75 Å². The Bertz CT molecular complexity index is 384. The van der Waals surface area contributed by atoms with Crippen molar-refractivity contribution in [1.29, 1.82) is 0 Å². The third-order valence-corrected chi connectivity index (χ3v) is 4.68. The number of phenols is 1. The standard InChI is InChI=1S/C9H8I2O3/c1-3-5(9(13)14)4(2)7(11)8(12)6(3)10/h12H,1-2H3,(H,13,14). The average molecular weight is 418 g/mol. The van der Waals surface area contributed by atoms with E-state index in [0.29, 0.717) is 18.3 Å². The molecule has 0 aromatic heterocycles. The van der Waals surface area contributed by atoms with Gasteiger partial charge >= 0.3 is 5.97 Å². The summed E-state index contributed by atoms with van der Waals surface area (Å²) in [4.78, 5) is 11.0. The second-order valence-corrected chi connectivity index (χ2v) is 5.06. The topological polar surface area (TPSA) is 57.5 Å². The van der Waals surface area contributed by atoms with Crippen molar-refractivity contribution in [1.82, 2.24) is 0 Å². The number of carboxylic acid groups (broad SMARTS) is 1. The van der Waals surface area contributed by atoms with Crippen LogP contribution in [0.4, 0.5) is 0 Å². The van der Waals surface area contributed by atoms with Crippen molar-refractivity contribution >= 4 is 51.2 Å². The van der Waals surface area contributed by atoms with Crippen molar-refractivity contribution in [3.05, 3.63) is 23.8 Å². The van der Waals surface area contributed by atoms with Gasteiger partial charge in [-0.25, -0.2) is 4.79 Å². The zero-order chi connectivity index (χ0) is 11.0. The van der Waals surface area contributed by atoms with Gasteiger partial charge < -0.3 is 10.2 Å². The fourth-order valence-electron chi connectivity index (χ4n) is 1.27. The third kappa shape index (κ3) is 1.83. The van der Waals surface area contributed by atoms with Crippen LogP contribution in [0, 0.1) is 21.0 Å². The molecule has 0 aliphatic heterocycles. The Labute approximate surface area is 109 Å². The minimum absolute atomic E-state index is 0.172. The lowest BCUT2D eigenvalue weighted by atomic mass is 10.0. The maximum absolute atomic E-state index is 11.0. The Balaban J connectivity index is 3.68. The first-order valence-corrected chi connectivity index (χ1v) is 5.94. The fraction of sp³-hybridized carbons (Fsp3) is 0.222. The Morgan fingerprint density at radius 3 is 1.79 bits per heavy atom. The lowest BCUT2D eigenvalue weighted by Crippen LogP contribution is -2.06. The summed E-state index contributed by atoms with van der Waals surface area (Å²) in [5.74, 6) is -0.776. The van der Waals surface area contributed by atoms with Gasteiger partial charge in [0.1, 0.15) is 5.75 Å². The van der Waals surface area contributed by atoms with Gasteiger partial charge in [0.25, 0.3) is 0 Å². The summed E-state index contributed by atoms with van der Waals surface area (Å²) in [5, 5.41) is 18.7. The Kier molecular flexibility index (Phi) is 3.62. The summed E-state index contributed by atoms with van der Waals surface area (Å²) in [6.07, 6.45) is 0. The van der Waals surface area contributed by atoms with Crippen LogP contribution in [-0.4, -0.2) is 16.2 Å². The Morgan fingerprint density at radius 1 is 1.14 bits per heavy atom. The van der Waals surface area contributed by atoms with E-state index in [4.69, 9.17) is 5.11 Å². The van der Waals surface area contributed by atoms with Gasteiger partial charge in [-0.3, -0.25) is 0 Å². The number of halogens is 2. The average Bonchev–Trinajstić information content (AvgIpc) is 2.11. The number of rotatable bonds is 1. The molecule has 5 heteroatoms. The molecule has 0 radical (unpaired) electrons. The molecule has 2 N–H and O–H groups in total. The van der Waals surface area contributed by atoms with E-state index in [1.807, 2.05) is 45.2 Å². The SMILES string of the molecule is Cc1c(I)c(O)c(I)c(C)c1C(=O)O. The minimum atomic E-state index is -0.948. The highest BCUT2D eigenvalue weighted by Gasteiger charge is 2.20. The van der Waals surface area contributed by atoms with Crippen molar-refractivity contribution in [2.45, 2.75) is 13.8 Å². The third-order valence-electron chi connectivity index (χ3n) is 2.04. The van der Waals surface area contributed by atoms with E-state index in [9.17, 15) is 9.90 Å². The van der Waals surface area contributed by atoms with E-state index in [0.717, 1.165) is 0 Å². The smallest absolute Gasteiger partial charge is 0.336 e. The van der Waals surface area contributed by atoms with E-state index < -0.39 is 5.97 Å². The highest BCUT2D eigenvalue weighted by atomic mass is 127. The first-order chi connectivity index (χ1) is 6.37. The van der Waals surface area contributed by atoms with E-state index in [1.54, 1.807) is 13.8 Å². The quantitative estimate of drug-likeness (QED) is 0.691. The van der Waals surface area contributed by atoms with Gasteiger partial charge in [0.2, 0.25) is 0 Å². The summed E-state index contributed by atoms with van der Waals surface area (Å²) in [5.41, 5.74) is 1.53. The van der Waals surface area contributed by atoms with E-state index in [-0.39, 0.29) is 11.3 Å². The molecule has 1 rings (SSSR count). The number of hydrogen-bond acceptors (Lipinski definition) is 2. The predicted octanol–water partition coefficient (Wildman–Crippen LogP) is 2.92. The highest BCUT2D eigenvalue weighted by Crippen LogP contribution is 2.34. The van der Waals surface area contributed by atoms with Crippen LogP contribution in [0.1, 0.15) is 21.5 Å². The molecule has 1 aromatic rings. The van der Waals surface area contributed by atoms with Gasteiger partial charge in [0.05, 0.1) is 12.7 Å². The van der Waals surface area contributed by atoms with Crippen LogP contribution in [0.5, 0.6) is 5.75 Å². The maximum atomic E-state index is 11.0. The van der Waals surface area contributed by atoms with Crippen LogP contribution >= 0.6 is 45.2 Å². The second kappa shape index (κ2) is 4.21. The van der Waals surface area contributed by atoms with E-state index in [1.165, 1.54) is 0 Å². The molecule has 0 heterocycles. The predicted molar refractivity (Wildman–Crippen MR) is 70.0 cm³/mol. The van der Waals surface area contributed by atoms with Crippen LogP contribution in [-0.2, 0) is 0 Å². The number of aromatic carboxylic acids is 1. The number of carbonyl (C=O) groups is 1. The molecule has 0 bridgehead atoms. The molecule has 0 spiro atoms. The molecule has 0 atom stereocenters. The molecule has 0 saturated carbocycles. The van der Waals surface area contributed by atoms with Crippen molar-refractivity contribution in [2.75, 3.05) is 0 Å². The number of phenolic OH excluding ortho intramolecular Hbond substituents is 1. The zero-order valence-electron chi connectivity index (χ0n) is 7.56. The number of aromatic hydroxyl groups is 1. The lowest BCUT2D eigenvalue weighted by Gasteiger charge is -2.12. The van der Waals surface area contributed by atoms with Crippen LogP contribution < -0.4 is 0 Å². The maximum Gasteiger partial charge on any atom is 0.336 e. The van der Waals surface area contributed by atoms with Gasteiger partial charge in [-0.2, -0.15) is 0 Å². The normalized spacial score (nSPS) is 10.3. The van der Waals surface area contributed by atoms with E-state index >= 15 is 0 Å². The number of carboxylic acids is 1. The van der Waals surface area contributed by atoms with Crippen LogP contribution in [0.25, 0.3) is 0 Å². The van der Waals surface area contributed by atoms with Crippen LogP contribution in [0.3, 0.4) is 0 Å². The molecule has 0 saturated heterocycles. The first-order valence-electron chi connectivity index (χ1n) is 3.78. The fourth-order valence-corrected chi connectivity index (χ4v) is 2.87. The van der Waals surface area contributed by atoms with Gasteiger partial charge in [-0.1, -0.05) is 0 Å². The highest BCUT2D eigenvalue weighted by molar-refractivity contribution is 14.1. The van der Waals surface area contributed by atoms with Crippen molar-refractivity contribution in [2.24, 2.45) is 0 Å². The molecule has 14 heavy (non-hydrogen) atoms. The van der Waals surface area contributed by atoms with Gasteiger partial charge in [-0.05, 0) is 70.2 Å². The van der Waals surface area contributed by atoms with Gasteiger partial charge in [-0.15, -0.1) is 0 Å². The molecule has 0 fully saturated rings. The van der Waals surface area contributed by atoms with Gasteiger partial charge in [0.15, 0.2) is 0 Å². The summed E-state index contributed by atoms with van der Waals surface area (Å²) in [6, 6.07) is 0. The molecule has 3 nitrogen and oxygen atoms in total. The molecular formula is C9H8I2O3. The van der Waals surface area contributed by atoms with Crippen LogP contribution in [0.15, 0.2) is 0 Å². The molecule has 0 amide bonds. The molecule has 0 aliphatic rings.